The van der Waals surface area contributed by atoms with Crippen molar-refractivity contribution in [1.82, 2.24) is 9.38 Å². The Morgan fingerprint density at radius 1 is 1.00 bits per heavy atom. The molecule has 0 amide bonds. The van der Waals surface area contributed by atoms with Crippen LogP contribution in [0.1, 0.15) is 11.1 Å². The Kier molecular flexibility index (Phi) is 2.22. The maximum absolute atomic E-state index is 4.62. The summed E-state index contributed by atoms with van der Waals surface area (Å²) in [6.45, 7) is 4.26. The predicted molar refractivity (Wildman–Crippen MR) is 70.1 cm³/mol. The maximum Gasteiger partial charge on any atom is 0.137 e. The highest BCUT2D eigenvalue weighted by Gasteiger charge is 2.04. The van der Waals surface area contributed by atoms with E-state index in [1.807, 2.05) is 28.8 Å². The van der Waals surface area contributed by atoms with Gasteiger partial charge in [0.25, 0.3) is 0 Å². The van der Waals surface area contributed by atoms with Gasteiger partial charge in [-0.15, -0.1) is 0 Å². The predicted octanol–water partition coefficient (Wildman–Crippen LogP) is 3.62. The number of rotatable bonds is 1. The number of aromatic nitrogens is 2. The number of benzene rings is 1. The number of aryl methyl sites for hydroxylation is 2. The molecule has 84 valence electrons. The van der Waals surface area contributed by atoms with Gasteiger partial charge in [-0.25, -0.2) is 4.98 Å². The topological polar surface area (TPSA) is 17.3 Å². The van der Waals surface area contributed by atoms with E-state index in [2.05, 4.69) is 43.2 Å². The summed E-state index contributed by atoms with van der Waals surface area (Å²) >= 11 is 0. The van der Waals surface area contributed by atoms with Crippen LogP contribution >= 0.6 is 0 Å². The number of nitrogens with zero attached hydrogens (tertiary/aromatic N) is 2. The second-order valence-corrected chi connectivity index (χ2v) is 4.39. The molecule has 0 aliphatic heterocycles. The lowest BCUT2D eigenvalue weighted by atomic mass is 10.1. The molecule has 0 N–H and O–H groups in total. The van der Waals surface area contributed by atoms with Gasteiger partial charge in [-0.05, 0) is 43.2 Å². The van der Waals surface area contributed by atoms with Crippen LogP contribution in [0, 0.1) is 13.8 Å². The van der Waals surface area contributed by atoms with Crippen molar-refractivity contribution < 1.29 is 0 Å². The van der Waals surface area contributed by atoms with Crippen LogP contribution in [0.3, 0.4) is 0 Å². The fourth-order valence-electron chi connectivity index (χ4n) is 1.97. The van der Waals surface area contributed by atoms with Gasteiger partial charge in [0.2, 0.25) is 0 Å². The van der Waals surface area contributed by atoms with Crippen molar-refractivity contribution in [2.45, 2.75) is 13.8 Å². The Bertz CT molecular complexity index is 647. The summed E-state index contributed by atoms with van der Waals surface area (Å²) in [6, 6.07) is 12.5. The van der Waals surface area contributed by atoms with Crippen LogP contribution in [0.15, 0.2) is 48.8 Å². The monoisotopic (exact) mass is 222 g/mol. The molecule has 2 heterocycles. The molecule has 17 heavy (non-hydrogen) atoms. The van der Waals surface area contributed by atoms with Crippen LogP contribution < -0.4 is 0 Å². The molecule has 2 nitrogen and oxygen atoms in total. The highest BCUT2D eigenvalue weighted by molar-refractivity contribution is 5.63. The molecular weight excluding hydrogens is 208 g/mol. The average Bonchev–Trinajstić information content (AvgIpc) is 2.76. The van der Waals surface area contributed by atoms with Crippen molar-refractivity contribution in [1.29, 1.82) is 0 Å². The molecule has 0 spiro atoms. The van der Waals surface area contributed by atoms with Crippen molar-refractivity contribution >= 4 is 5.65 Å². The summed E-state index contributed by atoms with van der Waals surface area (Å²) in [5.41, 5.74) is 5.81. The van der Waals surface area contributed by atoms with Crippen LogP contribution in [0.25, 0.3) is 16.9 Å². The first-order chi connectivity index (χ1) is 8.24. The second kappa shape index (κ2) is 3.74. The molecule has 0 atom stereocenters. The van der Waals surface area contributed by atoms with Gasteiger partial charge in [0.15, 0.2) is 0 Å². The first-order valence-corrected chi connectivity index (χ1v) is 5.75. The van der Waals surface area contributed by atoms with Crippen molar-refractivity contribution in [3.8, 4) is 11.3 Å². The zero-order valence-corrected chi connectivity index (χ0v) is 10.0. The largest absolute Gasteiger partial charge is 0.306 e. The lowest BCUT2D eigenvalue weighted by molar-refractivity contribution is 1.19. The Labute approximate surface area is 101 Å². The number of imidazole rings is 1. The minimum Gasteiger partial charge on any atom is -0.306 e. The van der Waals surface area contributed by atoms with E-state index in [0.717, 1.165) is 11.3 Å². The van der Waals surface area contributed by atoms with E-state index in [4.69, 9.17) is 0 Å². The lowest BCUT2D eigenvalue weighted by Gasteiger charge is -2.01. The van der Waals surface area contributed by atoms with Gasteiger partial charge in [0.05, 0.1) is 5.69 Å². The number of fused-ring (bicyclic) bond motifs is 1. The van der Waals surface area contributed by atoms with Crippen LogP contribution in [0.5, 0.6) is 0 Å². The van der Waals surface area contributed by atoms with Crippen molar-refractivity contribution in [2.75, 3.05) is 0 Å². The first kappa shape index (κ1) is 10.1. The molecule has 0 aliphatic carbocycles. The Morgan fingerprint density at radius 3 is 2.65 bits per heavy atom. The molecule has 0 radical (unpaired) electrons. The van der Waals surface area contributed by atoms with Crippen molar-refractivity contribution in [3.63, 3.8) is 0 Å². The summed E-state index contributed by atoms with van der Waals surface area (Å²) in [7, 11) is 0. The molecule has 3 aromatic rings. The molecule has 0 fully saturated rings. The standard InChI is InChI=1S/C15H14N2/c1-11-6-7-13(9-12(11)2)14-10-17-8-4-3-5-15(17)16-14/h3-10H,1-2H3. The fraction of sp³-hybridized carbons (Fsp3) is 0.133. The number of hydrogen-bond acceptors (Lipinski definition) is 1. The molecule has 0 bridgehead atoms. The SMILES string of the molecule is Cc1ccc(-c2cn3ccccc3n2)cc1C. The highest BCUT2D eigenvalue weighted by Crippen LogP contribution is 2.21. The van der Waals surface area contributed by atoms with E-state index >= 15 is 0 Å². The van der Waals surface area contributed by atoms with E-state index in [1.54, 1.807) is 0 Å². The molecule has 0 saturated carbocycles. The molecule has 3 rings (SSSR count). The van der Waals surface area contributed by atoms with Crippen LogP contribution in [-0.4, -0.2) is 9.38 Å². The van der Waals surface area contributed by atoms with Gasteiger partial charge in [-0.3, -0.25) is 0 Å². The molecule has 1 aromatic carbocycles. The van der Waals surface area contributed by atoms with Gasteiger partial charge < -0.3 is 4.40 Å². The summed E-state index contributed by atoms with van der Waals surface area (Å²) < 4.78 is 2.05. The minimum atomic E-state index is 0.987. The van der Waals surface area contributed by atoms with E-state index in [1.165, 1.54) is 16.7 Å². The van der Waals surface area contributed by atoms with Crippen molar-refractivity contribution in [3.05, 3.63) is 59.9 Å². The molecule has 0 saturated heterocycles. The smallest absolute Gasteiger partial charge is 0.137 e. The normalized spacial score (nSPS) is 10.9. The second-order valence-electron chi connectivity index (χ2n) is 4.39. The van der Waals surface area contributed by atoms with E-state index in [-0.39, 0.29) is 0 Å². The minimum absolute atomic E-state index is 0.987. The van der Waals surface area contributed by atoms with Gasteiger partial charge in [0.1, 0.15) is 5.65 Å². The highest BCUT2D eigenvalue weighted by atomic mass is 15.0. The van der Waals surface area contributed by atoms with E-state index in [0.29, 0.717) is 0 Å². The molecule has 2 aromatic heterocycles. The zero-order valence-electron chi connectivity index (χ0n) is 10.0. The van der Waals surface area contributed by atoms with E-state index in [9.17, 15) is 0 Å². The third-order valence-corrected chi connectivity index (χ3v) is 3.17. The number of pyridine rings is 1. The summed E-state index contributed by atoms with van der Waals surface area (Å²) in [4.78, 5) is 4.62. The molecular formula is C15H14N2. The van der Waals surface area contributed by atoms with Gasteiger partial charge >= 0.3 is 0 Å². The van der Waals surface area contributed by atoms with Crippen LogP contribution in [0.2, 0.25) is 0 Å². The third-order valence-electron chi connectivity index (χ3n) is 3.17. The summed E-state index contributed by atoms with van der Waals surface area (Å²) in [5.74, 6) is 0. The third kappa shape index (κ3) is 1.72. The van der Waals surface area contributed by atoms with Gasteiger partial charge in [-0.1, -0.05) is 18.2 Å². The maximum atomic E-state index is 4.62. The lowest BCUT2D eigenvalue weighted by Crippen LogP contribution is -1.83. The van der Waals surface area contributed by atoms with Gasteiger partial charge in [-0.2, -0.15) is 0 Å². The van der Waals surface area contributed by atoms with Gasteiger partial charge in [0, 0.05) is 18.0 Å². The Balaban J connectivity index is 2.17. The summed E-state index contributed by atoms with van der Waals surface area (Å²) in [6.07, 6.45) is 4.09. The first-order valence-electron chi connectivity index (χ1n) is 5.75. The number of hydrogen-bond donors (Lipinski definition) is 0. The summed E-state index contributed by atoms with van der Waals surface area (Å²) in [5, 5.41) is 0. The van der Waals surface area contributed by atoms with Crippen LogP contribution in [0.4, 0.5) is 0 Å². The van der Waals surface area contributed by atoms with Crippen molar-refractivity contribution in [2.24, 2.45) is 0 Å². The molecule has 2 heteroatoms. The Morgan fingerprint density at radius 2 is 1.88 bits per heavy atom. The molecule has 0 aliphatic rings. The quantitative estimate of drug-likeness (QED) is 0.614. The zero-order chi connectivity index (χ0) is 11.8. The van der Waals surface area contributed by atoms with Crippen LogP contribution in [-0.2, 0) is 0 Å². The van der Waals surface area contributed by atoms with E-state index < -0.39 is 0 Å². The molecule has 0 unspecified atom stereocenters. The fourth-order valence-corrected chi connectivity index (χ4v) is 1.97. The average molecular weight is 222 g/mol. The Hall–Kier alpha value is -2.09.